The lowest BCUT2D eigenvalue weighted by atomic mass is 10.1. The summed E-state index contributed by atoms with van der Waals surface area (Å²) in [6.45, 7) is 2.72. The highest BCUT2D eigenvalue weighted by molar-refractivity contribution is 5.80. The molecule has 0 atom stereocenters. The summed E-state index contributed by atoms with van der Waals surface area (Å²) < 4.78 is 3.52. The van der Waals surface area contributed by atoms with Crippen LogP contribution in [0.2, 0.25) is 0 Å². The van der Waals surface area contributed by atoms with Gasteiger partial charge in [0.15, 0.2) is 5.82 Å². The third-order valence-corrected chi connectivity index (χ3v) is 5.73. The van der Waals surface area contributed by atoms with Crippen molar-refractivity contribution in [3.05, 3.63) is 64.7 Å². The molecule has 0 bridgehead atoms. The van der Waals surface area contributed by atoms with Crippen LogP contribution in [0.4, 0.5) is 11.4 Å². The second-order valence-electron chi connectivity index (χ2n) is 7.55. The van der Waals surface area contributed by atoms with Gasteiger partial charge in [0, 0.05) is 20.1 Å². The lowest BCUT2D eigenvalue weighted by molar-refractivity contribution is 0.578. The van der Waals surface area contributed by atoms with Crippen LogP contribution >= 0.6 is 0 Å². The fourth-order valence-electron chi connectivity index (χ4n) is 4.21. The van der Waals surface area contributed by atoms with E-state index in [-0.39, 0.29) is 5.56 Å². The second-order valence-corrected chi connectivity index (χ2v) is 7.55. The molecule has 0 unspecified atom stereocenters. The Hall–Kier alpha value is -3.35. The minimum absolute atomic E-state index is 0.0598. The number of aryl methyl sites for hydroxylation is 1. The zero-order valence-corrected chi connectivity index (χ0v) is 16.5. The quantitative estimate of drug-likeness (QED) is 0.582. The molecule has 2 aromatic heterocycles. The molecule has 3 heterocycles. The van der Waals surface area contributed by atoms with E-state index >= 15 is 0 Å². The minimum Gasteiger partial charge on any atom is -0.376 e. The third-order valence-electron chi connectivity index (χ3n) is 5.73. The van der Waals surface area contributed by atoms with Crippen molar-refractivity contribution in [3.63, 3.8) is 0 Å². The van der Waals surface area contributed by atoms with Gasteiger partial charge in [-0.3, -0.25) is 13.8 Å². The number of hydrogen-bond acceptors (Lipinski definition) is 5. The number of anilines is 2. The van der Waals surface area contributed by atoms with Gasteiger partial charge in [-0.05, 0) is 43.5 Å². The molecule has 1 fully saturated rings. The fraction of sp³-hybridized carbons (Fsp3) is 0.318. The van der Waals surface area contributed by atoms with Crippen LogP contribution in [0.3, 0.4) is 0 Å². The molecule has 0 amide bonds. The van der Waals surface area contributed by atoms with Crippen molar-refractivity contribution >= 4 is 28.1 Å². The molecule has 0 radical (unpaired) electrons. The molecule has 5 rings (SSSR count). The highest BCUT2D eigenvalue weighted by Gasteiger charge is 2.16. The number of nitrogens with one attached hydrogen (secondary N) is 1. The van der Waals surface area contributed by atoms with E-state index in [2.05, 4.69) is 44.7 Å². The van der Waals surface area contributed by atoms with Gasteiger partial charge in [-0.1, -0.05) is 24.3 Å². The van der Waals surface area contributed by atoms with Gasteiger partial charge in [0.25, 0.3) is 5.56 Å². The maximum absolute atomic E-state index is 12.6. The van der Waals surface area contributed by atoms with E-state index in [0.29, 0.717) is 17.7 Å². The van der Waals surface area contributed by atoms with Gasteiger partial charge in [-0.25, -0.2) is 0 Å². The molecule has 1 aliphatic rings. The SMILES string of the molecule is Cn1c(=O)c2ccccc2n2c(CNc3ccccc3N3CCCCC3)nnc12. The van der Waals surface area contributed by atoms with E-state index in [9.17, 15) is 4.79 Å². The zero-order valence-electron chi connectivity index (χ0n) is 16.5. The van der Waals surface area contributed by atoms with Crippen LogP contribution in [0.15, 0.2) is 53.3 Å². The average molecular weight is 388 g/mol. The number of fused-ring (bicyclic) bond motifs is 3. The van der Waals surface area contributed by atoms with Crippen molar-refractivity contribution < 1.29 is 0 Å². The highest BCUT2D eigenvalue weighted by atomic mass is 16.1. The van der Waals surface area contributed by atoms with Crippen LogP contribution in [0.5, 0.6) is 0 Å². The van der Waals surface area contributed by atoms with Gasteiger partial charge >= 0.3 is 0 Å². The normalized spacial score (nSPS) is 14.6. The molecule has 0 aliphatic carbocycles. The third kappa shape index (κ3) is 3.03. The monoisotopic (exact) mass is 388 g/mol. The molecule has 2 aromatic carbocycles. The average Bonchev–Trinajstić information content (AvgIpc) is 3.21. The Morgan fingerprint density at radius 1 is 0.966 bits per heavy atom. The van der Waals surface area contributed by atoms with Crippen LogP contribution in [0, 0.1) is 0 Å². The lowest BCUT2D eigenvalue weighted by Gasteiger charge is -2.30. The minimum atomic E-state index is -0.0598. The highest BCUT2D eigenvalue weighted by Crippen LogP contribution is 2.28. The standard InChI is InChI=1S/C22H24N6O/c1-26-21(29)16-9-3-5-11-18(16)28-20(24-25-22(26)28)15-23-17-10-4-6-12-19(17)27-13-7-2-8-14-27/h3-6,9-12,23H,2,7-8,13-15H2,1H3. The summed E-state index contributed by atoms with van der Waals surface area (Å²) in [5, 5.41) is 12.9. The molecule has 1 N–H and O–H groups in total. The molecular formula is C22H24N6O. The Morgan fingerprint density at radius 3 is 2.59 bits per heavy atom. The van der Waals surface area contributed by atoms with Gasteiger partial charge in [-0.15, -0.1) is 10.2 Å². The number of para-hydroxylation sites is 3. The van der Waals surface area contributed by atoms with E-state index in [1.54, 1.807) is 11.6 Å². The van der Waals surface area contributed by atoms with Crippen LogP contribution < -0.4 is 15.8 Å². The van der Waals surface area contributed by atoms with E-state index < -0.39 is 0 Å². The van der Waals surface area contributed by atoms with Gasteiger partial charge in [0.05, 0.1) is 28.8 Å². The summed E-state index contributed by atoms with van der Waals surface area (Å²) >= 11 is 0. The maximum atomic E-state index is 12.6. The molecule has 7 heteroatoms. The number of aromatic nitrogens is 4. The van der Waals surface area contributed by atoms with Gasteiger partial charge in [0.1, 0.15) is 0 Å². The van der Waals surface area contributed by atoms with Gasteiger partial charge in [0.2, 0.25) is 5.78 Å². The van der Waals surface area contributed by atoms with Crippen LogP contribution in [0.25, 0.3) is 16.7 Å². The summed E-state index contributed by atoms with van der Waals surface area (Å²) in [6.07, 6.45) is 3.79. The first kappa shape index (κ1) is 17.7. The summed E-state index contributed by atoms with van der Waals surface area (Å²) in [6, 6.07) is 16.0. The Kier molecular flexibility index (Phi) is 4.42. The van der Waals surface area contributed by atoms with Gasteiger partial charge < -0.3 is 10.2 Å². The Bertz CT molecular complexity index is 1240. The largest absolute Gasteiger partial charge is 0.376 e. The van der Waals surface area contributed by atoms with E-state index in [1.807, 2.05) is 28.7 Å². The Labute approximate surface area is 168 Å². The van der Waals surface area contributed by atoms with E-state index in [0.717, 1.165) is 30.1 Å². The summed E-state index contributed by atoms with van der Waals surface area (Å²) in [7, 11) is 1.74. The first-order valence-corrected chi connectivity index (χ1v) is 10.1. The Balaban J connectivity index is 1.52. The first-order valence-electron chi connectivity index (χ1n) is 10.1. The van der Waals surface area contributed by atoms with Crippen LogP contribution in [-0.2, 0) is 13.6 Å². The molecule has 0 saturated carbocycles. The van der Waals surface area contributed by atoms with Crippen molar-refractivity contribution in [2.24, 2.45) is 7.05 Å². The number of rotatable bonds is 4. The van der Waals surface area contributed by atoms with Crippen molar-refractivity contribution in [2.75, 3.05) is 23.3 Å². The predicted molar refractivity (Wildman–Crippen MR) is 116 cm³/mol. The second kappa shape index (κ2) is 7.24. The zero-order chi connectivity index (χ0) is 19.8. The van der Waals surface area contributed by atoms with Crippen molar-refractivity contribution in [1.82, 2.24) is 19.2 Å². The van der Waals surface area contributed by atoms with Crippen LogP contribution in [-0.4, -0.2) is 32.3 Å². The molecule has 1 saturated heterocycles. The summed E-state index contributed by atoms with van der Waals surface area (Å²) in [5.41, 5.74) is 3.10. The lowest BCUT2D eigenvalue weighted by Crippen LogP contribution is -2.30. The molecule has 148 valence electrons. The molecule has 7 nitrogen and oxygen atoms in total. The van der Waals surface area contributed by atoms with Crippen molar-refractivity contribution in [2.45, 2.75) is 25.8 Å². The van der Waals surface area contributed by atoms with Crippen LogP contribution in [0.1, 0.15) is 25.1 Å². The Morgan fingerprint density at radius 2 is 1.72 bits per heavy atom. The number of hydrogen-bond donors (Lipinski definition) is 1. The molecule has 0 spiro atoms. The summed E-state index contributed by atoms with van der Waals surface area (Å²) in [5.74, 6) is 1.33. The van der Waals surface area contributed by atoms with Gasteiger partial charge in [-0.2, -0.15) is 0 Å². The predicted octanol–water partition coefficient (Wildman–Crippen LogP) is 3.18. The number of benzene rings is 2. The van der Waals surface area contributed by atoms with Crippen molar-refractivity contribution in [1.29, 1.82) is 0 Å². The number of piperidine rings is 1. The first-order chi connectivity index (χ1) is 14.2. The smallest absolute Gasteiger partial charge is 0.262 e. The van der Waals surface area contributed by atoms with Crippen molar-refractivity contribution in [3.8, 4) is 0 Å². The molecule has 29 heavy (non-hydrogen) atoms. The molecular weight excluding hydrogens is 364 g/mol. The topological polar surface area (TPSA) is 67.5 Å². The summed E-state index contributed by atoms with van der Waals surface area (Å²) in [4.78, 5) is 15.1. The molecule has 4 aromatic rings. The van der Waals surface area contributed by atoms with E-state index in [4.69, 9.17) is 0 Å². The molecule has 1 aliphatic heterocycles. The van der Waals surface area contributed by atoms with E-state index in [1.165, 1.54) is 24.9 Å². The maximum Gasteiger partial charge on any atom is 0.262 e. The number of nitrogens with zero attached hydrogens (tertiary/aromatic N) is 5. The fourth-order valence-corrected chi connectivity index (χ4v) is 4.21.